The van der Waals surface area contributed by atoms with Crippen molar-refractivity contribution in [2.75, 3.05) is 0 Å². The Kier molecular flexibility index (Phi) is 4.18. The molecule has 1 heterocycles. The second kappa shape index (κ2) is 6.57. The second-order valence-corrected chi connectivity index (χ2v) is 11.3. The highest BCUT2D eigenvalue weighted by molar-refractivity contribution is 5.79. The summed E-state index contributed by atoms with van der Waals surface area (Å²) < 4.78 is 6.33. The van der Waals surface area contributed by atoms with Gasteiger partial charge >= 0.3 is 0 Å². The van der Waals surface area contributed by atoms with E-state index in [-0.39, 0.29) is 17.1 Å². The fourth-order valence-corrected chi connectivity index (χ4v) is 8.26. The van der Waals surface area contributed by atoms with Gasteiger partial charge in [-0.15, -0.1) is 0 Å². The molecule has 0 saturated heterocycles. The van der Waals surface area contributed by atoms with Crippen LogP contribution in [0, 0.1) is 29.6 Å². The minimum atomic E-state index is -0.0801. The molecule has 4 bridgehead atoms. The average molecular weight is 394 g/mol. The Morgan fingerprint density at radius 2 is 1.66 bits per heavy atom. The molecule has 1 N–H and O–H groups in total. The van der Waals surface area contributed by atoms with Crippen LogP contribution in [0.4, 0.5) is 0 Å². The summed E-state index contributed by atoms with van der Waals surface area (Å²) >= 11 is 0. The van der Waals surface area contributed by atoms with Gasteiger partial charge in [0.1, 0.15) is 0 Å². The SMILES string of the molecule is CC(C(=O)NC12CC3CC(CC(C3)C1)C2)C1CCC2(CC1)OCc1ccccc12. The van der Waals surface area contributed by atoms with Crippen LogP contribution in [0.1, 0.15) is 82.3 Å². The number of nitrogens with one attached hydrogen (secondary N) is 1. The van der Waals surface area contributed by atoms with E-state index in [1.807, 2.05) is 0 Å². The Labute approximate surface area is 175 Å². The normalized spacial score (nSPS) is 43.3. The first-order valence-corrected chi connectivity index (χ1v) is 12.1. The van der Waals surface area contributed by atoms with Gasteiger partial charge in [0, 0.05) is 11.5 Å². The Morgan fingerprint density at radius 1 is 1.03 bits per heavy atom. The molecule has 1 aromatic carbocycles. The first kappa shape index (κ1) is 18.4. The molecule has 5 fully saturated rings. The number of carbonyl (C=O) groups excluding carboxylic acids is 1. The lowest BCUT2D eigenvalue weighted by molar-refractivity contribution is -0.134. The molecular formula is C26H35NO2. The highest BCUT2D eigenvalue weighted by Gasteiger charge is 2.52. The number of rotatable bonds is 3. The molecule has 6 aliphatic rings. The summed E-state index contributed by atoms with van der Waals surface area (Å²) in [5.74, 6) is 3.59. The van der Waals surface area contributed by atoms with Crippen LogP contribution in [-0.2, 0) is 21.7 Å². The van der Waals surface area contributed by atoms with E-state index >= 15 is 0 Å². The quantitative estimate of drug-likeness (QED) is 0.754. The van der Waals surface area contributed by atoms with Crippen molar-refractivity contribution >= 4 is 5.91 Å². The highest BCUT2D eigenvalue weighted by atomic mass is 16.5. The van der Waals surface area contributed by atoms with Gasteiger partial charge in [0.2, 0.25) is 5.91 Å². The van der Waals surface area contributed by atoms with Gasteiger partial charge in [-0.2, -0.15) is 0 Å². The average Bonchev–Trinajstić information content (AvgIpc) is 3.05. The molecule has 1 amide bonds. The summed E-state index contributed by atoms with van der Waals surface area (Å²) in [4.78, 5) is 13.3. The Morgan fingerprint density at radius 3 is 2.31 bits per heavy atom. The zero-order valence-electron chi connectivity index (χ0n) is 17.8. The standard InChI is InChI=1S/C26H35NO2/c1-17(24(28)27-25-13-18-10-19(14-25)12-20(11-18)15-25)21-6-8-26(9-7-21)23-5-3-2-4-22(23)16-29-26/h2-5,17-21H,6-16H2,1H3,(H,27,28). The molecule has 7 rings (SSSR count). The van der Waals surface area contributed by atoms with Gasteiger partial charge < -0.3 is 10.1 Å². The van der Waals surface area contributed by atoms with Crippen LogP contribution in [-0.4, -0.2) is 11.4 Å². The van der Waals surface area contributed by atoms with E-state index in [9.17, 15) is 4.79 Å². The number of hydrogen-bond donors (Lipinski definition) is 1. The van der Waals surface area contributed by atoms with Crippen molar-refractivity contribution in [3.63, 3.8) is 0 Å². The molecule has 1 atom stereocenters. The number of fused-ring (bicyclic) bond motifs is 2. The van der Waals surface area contributed by atoms with Crippen LogP contribution in [0.15, 0.2) is 24.3 Å². The summed E-state index contributed by atoms with van der Waals surface area (Å²) in [6, 6.07) is 8.72. The van der Waals surface area contributed by atoms with Gasteiger partial charge in [-0.1, -0.05) is 31.2 Å². The molecule has 3 heteroatoms. The zero-order valence-corrected chi connectivity index (χ0v) is 17.8. The van der Waals surface area contributed by atoms with E-state index in [1.165, 1.54) is 49.7 Å². The first-order chi connectivity index (χ1) is 14.0. The molecule has 29 heavy (non-hydrogen) atoms. The van der Waals surface area contributed by atoms with Gasteiger partial charge in [-0.25, -0.2) is 0 Å². The Hall–Kier alpha value is -1.35. The molecule has 1 aliphatic heterocycles. The number of ether oxygens (including phenoxy) is 1. The van der Waals surface area contributed by atoms with Crippen molar-refractivity contribution < 1.29 is 9.53 Å². The van der Waals surface area contributed by atoms with Crippen molar-refractivity contribution in [3.05, 3.63) is 35.4 Å². The number of benzene rings is 1. The van der Waals surface area contributed by atoms with Crippen LogP contribution >= 0.6 is 0 Å². The predicted molar refractivity (Wildman–Crippen MR) is 113 cm³/mol. The van der Waals surface area contributed by atoms with E-state index in [0.29, 0.717) is 11.8 Å². The molecule has 0 aromatic heterocycles. The molecule has 1 aromatic rings. The van der Waals surface area contributed by atoms with Crippen molar-refractivity contribution in [3.8, 4) is 0 Å². The van der Waals surface area contributed by atoms with Crippen molar-refractivity contribution in [2.45, 2.75) is 88.9 Å². The van der Waals surface area contributed by atoms with E-state index in [4.69, 9.17) is 4.74 Å². The summed E-state index contributed by atoms with van der Waals surface area (Å²) in [5.41, 5.74) is 2.83. The van der Waals surface area contributed by atoms with E-state index in [2.05, 4.69) is 36.5 Å². The fourth-order valence-electron chi connectivity index (χ4n) is 8.26. The summed E-state index contributed by atoms with van der Waals surface area (Å²) in [7, 11) is 0. The molecule has 0 radical (unpaired) electrons. The van der Waals surface area contributed by atoms with E-state index in [0.717, 1.165) is 50.0 Å². The smallest absolute Gasteiger partial charge is 0.223 e. The third-order valence-electron chi connectivity index (χ3n) is 9.40. The van der Waals surface area contributed by atoms with Gasteiger partial charge in [0.25, 0.3) is 0 Å². The maximum absolute atomic E-state index is 13.3. The maximum atomic E-state index is 13.3. The van der Waals surface area contributed by atoms with Crippen molar-refractivity contribution in [1.29, 1.82) is 0 Å². The molecule has 3 nitrogen and oxygen atoms in total. The Balaban J connectivity index is 1.11. The number of amides is 1. The van der Waals surface area contributed by atoms with Gasteiger partial charge in [0.15, 0.2) is 0 Å². The zero-order chi connectivity index (χ0) is 19.6. The van der Waals surface area contributed by atoms with Crippen LogP contribution < -0.4 is 5.32 Å². The molecular weight excluding hydrogens is 358 g/mol. The lowest BCUT2D eigenvalue weighted by atomic mass is 9.53. The van der Waals surface area contributed by atoms with Crippen LogP contribution in [0.2, 0.25) is 0 Å². The van der Waals surface area contributed by atoms with Crippen molar-refractivity contribution in [2.24, 2.45) is 29.6 Å². The largest absolute Gasteiger partial charge is 0.366 e. The lowest BCUT2D eigenvalue weighted by Crippen LogP contribution is -2.61. The minimum absolute atomic E-state index is 0.0801. The monoisotopic (exact) mass is 393 g/mol. The van der Waals surface area contributed by atoms with Gasteiger partial charge in [-0.3, -0.25) is 4.79 Å². The molecule has 1 unspecified atom stereocenters. The first-order valence-electron chi connectivity index (χ1n) is 12.1. The predicted octanol–water partition coefficient (Wildman–Crippen LogP) is 5.32. The third-order valence-corrected chi connectivity index (χ3v) is 9.40. The summed E-state index contributed by atoms with van der Waals surface area (Å²) in [5, 5.41) is 3.63. The molecule has 1 spiro atoms. The van der Waals surface area contributed by atoms with Crippen LogP contribution in [0.3, 0.4) is 0 Å². The van der Waals surface area contributed by atoms with Crippen molar-refractivity contribution in [1.82, 2.24) is 5.32 Å². The second-order valence-electron chi connectivity index (χ2n) is 11.3. The van der Waals surface area contributed by atoms with E-state index in [1.54, 1.807) is 0 Å². The lowest BCUT2D eigenvalue weighted by Gasteiger charge is -2.57. The fraction of sp³-hybridized carbons (Fsp3) is 0.731. The van der Waals surface area contributed by atoms with Gasteiger partial charge in [-0.05, 0) is 99.0 Å². The summed E-state index contributed by atoms with van der Waals surface area (Å²) in [6.45, 7) is 2.94. The van der Waals surface area contributed by atoms with Crippen LogP contribution in [0.25, 0.3) is 0 Å². The highest BCUT2D eigenvalue weighted by Crippen LogP contribution is 2.56. The van der Waals surface area contributed by atoms with Crippen LogP contribution in [0.5, 0.6) is 0 Å². The maximum Gasteiger partial charge on any atom is 0.223 e. The summed E-state index contributed by atoms with van der Waals surface area (Å²) in [6.07, 6.45) is 12.3. The number of hydrogen-bond acceptors (Lipinski definition) is 2. The van der Waals surface area contributed by atoms with E-state index < -0.39 is 0 Å². The Bertz CT molecular complexity index is 771. The minimum Gasteiger partial charge on any atom is -0.366 e. The van der Waals surface area contributed by atoms with Gasteiger partial charge in [0.05, 0.1) is 12.2 Å². The molecule has 5 saturated carbocycles. The molecule has 156 valence electrons. The molecule has 5 aliphatic carbocycles. The number of carbonyl (C=O) groups is 1. The topological polar surface area (TPSA) is 38.3 Å². The third kappa shape index (κ3) is 2.99.